The summed E-state index contributed by atoms with van der Waals surface area (Å²) in [7, 11) is 0. The van der Waals surface area contributed by atoms with Gasteiger partial charge in [-0.1, -0.05) is 64.1 Å². The average Bonchev–Trinajstić information content (AvgIpc) is 2.61. The molecule has 0 aliphatic rings. The van der Waals surface area contributed by atoms with E-state index in [1.54, 1.807) is 24.3 Å². The molecule has 0 aliphatic heterocycles. The van der Waals surface area contributed by atoms with Gasteiger partial charge in [0.25, 0.3) is 0 Å². The Hall–Kier alpha value is -2.62. The van der Waals surface area contributed by atoms with Gasteiger partial charge < -0.3 is 9.84 Å². The minimum atomic E-state index is -1.75. The fourth-order valence-electron chi connectivity index (χ4n) is 3.15. The molecule has 150 valence electrons. The normalized spacial score (nSPS) is 13.4. The Kier molecular flexibility index (Phi) is 7.00. The molecule has 1 atom stereocenters. The van der Waals surface area contributed by atoms with Crippen molar-refractivity contribution in [2.75, 3.05) is 0 Å². The van der Waals surface area contributed by atoms with Crippen LogP contribution in [0.25, 0.3) is 0 Å². The Bertz CT molecular complexity index is 804. The van der Waals surface area contributed by atoms with E-state index in [0.29, 0.717) is 23.0 Å². The number of carboxylic acid groups (broad SMARTS) is 1. The summed E-state index contributed by atoms with van der Waals surface area (Å²) < 4.78 is 5.47. The Morgan fingerprint density at radius 1 is 0.857 bits per heavy atom. The molecule has 0 amide bonds. The van der Waals surface area contributed by atoms with E-state index in [2.05, 4.69) is 27.7 Å². The maximum atomic E-state index is 12.6. The topological polar surface area (TPSA) is 63.6 Å². The quantitative estimate of drug-likeness (QED) is 0.634. The SMILES string of the molecule is CC(C)Cc1ccc(C(=O)OC(C)(C(=O)O)c2ccc(CC(C)C)cc2)cc1. The van der Waals surface area contributed by atoms with Crippen molar-refractivity contribution in [3.8, 4) is 0 Å². The van der Waals surface area contributed by atoms with Gasteiger partial charge in [-0.25, -0.2) is 9.59 Å². The highest BCUT2D eigenvalue weighted by Crippen LogP contribution is 2.28. The first kappa shape index (κ1) is 21.7. The second-order valence-corrected chi connectivity index (χ2v) is 8.32. The van der Waals surface area contributed by atoms with E-state index in [1.807, 2.05) is 24.3 Å². The first-order chi connectivity index (χ1) is 13.1. The molecule has 0 saturated carbocycles. The first-order valence-electron chi connectivity index (χ1n) is 9.77. The number of aliphatic carboxylic acids is 1. The largest absolute Gasteiger partial charge is 0.478 e. The fourth-order valence-corrected chi connectivity index (χ4v) is 3.15. The molecular weight excluding hydrogens is 352 g/mol. The molecule has 2 aromatic carbocycles. The number of esters is 1. The zero-order valence-corrected chi connectivity index (χ0v) is 17.4. The zero-order chi connectivity index (χ0) is 20.9. The van der Waals surface area contributed by atoms with Crippen molar-refractivity contribution in [1.82, 2.24) is 0 Å². The molecule has 0 aromatic heterocycles. The van der Waals surface area contributed by atoms with E-state index in [4.69, 9.17) is 4.74 Å². The molecule has 1 N–H and O–H groups in total. The van der Waals surface area contributed by atoms with Gasteiger partial charge in [-0.15, -0.1) is 0 Å². The van der Waals surface area contributed by atoms with Gasteiger partial charge in [0.1, 0.15) is 0 Å². The van der Waals surface area contributed by atoms with Gasteiger partial charge in [-0.2, -0.15) is 0 Å². The highest BCUT2D eigenvalue weighted by Gasteiger charge is 2.39. The number of hydrogen-bond acceptors (Lipinski definition) is 3. The first-order valence-corrected chi connectivity index (χ1v) is 9.77. The molecule has 2 aromatic rings. The van der Waals surface area contributed by atoms with Crippen LogP contribution in [0.5, 0.6) is 0 Å². The summed E-state index contributed by atoms with van der Waals surface area (Å²) >= 11 is 0. The lowest BCUT2D eigenvalue weighted by Crippen LogP contribution is -2.37. The maximum absolute atomic E-state index is 12.6. The Morgan fingerprint density at radius 3 is 1.68 bits per heavy atom. The maximum Gasteiger partial charge on any atom is 0.352 e. The molecule has 4 nitrogen and oxygen atoms in total. The Labute approximate surface area is 167 Å². The van der Waals surface area contributed by atoms with Crippen LogP contribution in [0.15, 0.2) is 48.5 Å². The number of rotatable bonds is 8. The van der Waals surface area contributed by atoms with Gasteiger partial charge in [0.05, 0.1) is 5.56 Å². The molecular formula is C24H30O4. The minimum absolute atomic E-state index is 0.344. The minimum Gasteiger partial charge on any atom is -0.478 e. The van der Waals surface area contributed by atoms with E-state index in [1.165, 1.54) is 6.92 Å². The van der Waals surface area contributed by atoms with Crippen molar-refractivity contribution in [3.05, 3.63) is 70.8 Å². The summed E-state index contributed by atoms with van der Waals surface area (Å²) in [6.07, 6.45) is 1.83. The van der Waals surface area contributed by atoms with Crippen LogP contribution >= 0.6 is 0 Å². The Morgan fingerprint density at radius 2 is 1.29 bits per heavy atom. The second kappa shape index (κ2) is 9.05. The summed E-state index contributed by atoms with van der Waals surface area (Å²) in [4.78, 5) is 24.5. The molecule has 4 heteroatoms. The van der Waals surface area contributed by atoms with Crippen molar-refractivity contribution >= 4 is 11.9 Å². The third-order valence-electron chi connectivity index (χ3n) is 4.69. The zero-order valence-electron chi connectivity index (χ0n) is 17.4. The number of benzene rings is 2. The molecule has 2 rings (SSSR count). The van der Waals surface area contributed by atoms with Gasteiger partial charge in [-0.3, -0.25) is 0 Å². The van der Waals surface area contributed by atoms with Gasteiger partial charge in [-0.05, 0) is 54.9 Å². The Balaban J connectivity index is 2.21. The van der Waals surface area contributed by atoms with Crippen molar-refractivity contribution in [2.45, 2.75) is 53.1 Å². The van der Waals surface area contributed by atoms with Gasteiger partial charge in [0, 0.05) is 5.56 Å². The smallest absolute Gasteiger partial charge is 0.352 e. The number of carbonyl (C=O) groups is 2. The second-order valence-electron chi connectivity index (χ2n) is 8.32. The summed E-state index contributed by atoms with van der Waals surface area (Å²) in [5.74, 6) is -0.818. The molecule has 1 unspecified atom stereocenters. The molecule has 0 radical (unpaired) electrons. The number of carboxylic acids is 1. The van der Waals surface area contributed by atoms with Crippen molar-refractivity contribution in [3.63, 3.8) is 0 Å². The molecule has 0 fully saturated rings. The van der Waals surface area contributed by atoms with Gasteiger partial charge in [0.2, 0.25) is 5.60 Å². The van der Waals surface area contributed by atoms with Crippen molar-refractivity contribution < 1.29 is 19.4 Å². The lowest BCUT2D eigenvalue weighted by atomic mass is 9.93. The van der Waals surface area contributed by atoms with E-state index >= 15 is 0 Å². The molecule has 0 aliphatic carbocycles. The predicted octanol–water partition coefficient (Wildman–Crippen LogP) is 5.24. The summed E-state index contributed by atoms with van der Waals surface area (Å²) in [5, 5.41) is 9.76. The lowest BCUT2D eigenvalue weighted by molar-refractivity contribution is -0.158. The fraction of sp³-hybridized carbons (Fsp3) is 0.417. The van der Waals surface area contributed by atoms with Crippen molar-refractivity contribution in [2.24, 2.45) is 11.8 Å². The molecule has 0 heterocycles. The molecule has 0 spiro atoms. The summed E-state index contributed by atoms with van der Waals surface area (Å²) in [6, 6.07) is 14.4. The molecule has 28 heavy (non-hydrogen) atoms. The van der Waals surface area contributed by atoms with Crippen LogP contribution in [-0.2, 0) is 28.0 Å². The van der Waals surface area contributed by atoms with E-state index in [-0.39, 0.29) is 0 Å². The summed E-state index contributed by atoms with van der Waals surface area (Å²) in [5.41, 5.74) is 1.30. The van der Waals surface area contributed by atoms with E-state index < -0.39 is 17.5 Å². The number of carbonyl (C=O) groups excluding carboxylic acids is 1. The third kappa shape index (κ3) is 5.44. The van der Waals surface area contributed by atoms with Gasteiger partial charge in [0.15, 0.2) is 0 Å². The van der Waals surface area contributed by atoms with Crippen LogP contribution in [0.1, 0.15) is 61.7 Å². The molecule has 0 saturated heterocycles. The lowest BCUT2D eigenvalue weighted by Gasteiger charge is -2.26. The van der Waals surface area contributed by atoms with E-state index in [9.17, 15) is 14.7 Å². The predicted molar refractivity (Wildman–Crippen MR) is 110 cm³/mol. The van der Waals surface area contributed by atoms with Crippen LogP contribution in [-0.4, -0.2) is 17.0 Å². The van der Waals surface area contributed by atoms with Crippen molar-refractivity contribution in [1.29, 1.82) is 0 Å². The monoisotopic (exact) mass is 382 g/mol. The van der Waals surface area contributed by atoms with Gasteiger partial charge >= 0.3 is 11.9 Å². The average molecular weight is 383 g/mol. The third-order valence-corrected chi connectivity index (χ3v) is 4.69. The van der Waals surface area contributed by atoms with Crippen LogP contribution in [0.2, 0.25) is 0 Å². The number of hydrogen-bond donors (Lipinski definition) is 1. The van der Waals surface area contributed by atoms with Crippen LogP contribution in [0.3, 0.4) is 0 Å². The van der Waals surface area contributed by atoms with E-state index in [0.717, 1.165) is 24.0 Å². The standard InChI is InChI=1S/C24H30O4/c1-16(2)14-18-6-10-20(11-7-18)22(25)28-24(5,23(26)27)21-12-8-19(9-13-21)15-17(3)4/h6-13,16-17H,14-15H2,1-5H3,(H,26,27). The van der Waals surface area contributed by atoms with Crippen LogP contribution in [0, 0.1) is 11.8 Å². The summed E-state index contributed by atoms with van der Waals surface area (Å²) in [6.45, 7) is 9.94. The highest BCUT2D eigenvalue weighted by molar-refractivity contribution is 5.92. The molecule has 0 bridgehead atoms. The highest BCUT2D eigenvalue weighted by atomic mass is 16.6. The van der Waals surface area contributed by atoms with Crippen LogP contribution in [0.4, 0.5) is 0 Å². The van der Waals surface area contributed by atoms with Crippen LogP contribution < -0.4 is 0 Å². The number of ether oxygens (including phenoxy) is 1.